The van der Waals surface area contributed by atoms with Crippen molar-refractivity contribution in [2.24, 2.45) is 0 Å². The zero-order valence-corrected chi connectivity index (χ0v) is 10.8. The Balaban J connectivity index is 2.12. The molecule has 100 valence electrons. The van der Waals surface area contributed by atoms with Gasteiger partial charge < -0.3 is 19.5 Å². The lowest BCUT2D eigenvalue weighted by molar-refractivity contribution is 0.0774. The summed E-state index contributed by atoms with van der Waals surface area (Å²) in [6.07, 6.45) is 0. The summed E-state index contributed by atoms with van der Waals surface area (Å²) < 4.78 is 5.40. The minimum absolute atomic E-state index is 0.249. The predicted octanol–water partition coefficient (Wildman–Crippen LogP) is 2.27. The molecule has 0 saturated heterocycles. The molecule has 1 aromatic carbocycles. The molecule has 19 heavy (non-hydrogen) atoms. The van der Waals surface area contributed by atoms with E-state index in [1.54, 1.807) is 7.05 Å². The molecular formula is C14H15NO4. The molecule has 0 radical (unpaired) electrons. The monoisotopic (exact) mass is 261 g/mol. The first-order valence-corrected chi connectivity index (χ1v) is 5.80. The number of hydrogen-bond donors (Lipinski definition) is 2. The fraction of sp³-hybridized carbons (Fsp3) is 0.214. The zero-order valence-electron chi connectivity index (χ0n) is 10.8. The van der Waals surface area contributed by atoms with Gasteiger partial charge in [0, 0.05) is 12.6 Å². The summed E-state index contributed by atoms with van der Waals surface area (Å²) in [5.41, 5.74) is 0.307. The molecular weight excluding hydrogens is 246 g/mol. The van der Waals surface area contributed by atoms with Gasteiger partial charge in [-0.15, -0.1) is 0 Å². The predicted molar refractivity (Wildman–Crippen MR) is 69.0 cm³/mol. The van der Waals surface area contributed by atoms with Crippen LogP contribution in [0.1, 0.15) is 21.9 Å². The Morgan fingerprint density at radius 3 is 2.53 bits per heavy atom. The standard InChI is InChI=1S/C14H15NO4/c1-9-3-5-11(19-9)8-15(2)14(18)10-4-6-12(16)13(17)7-10/h3-7,16-17H,8H2,1-2H3. The first kappa shape index (κ1) is 13.0. The fourth-order valence-electron chi connectivity index (χ4n) is 1.75. The van der Waals surface area contributed by atoms with E-state index in [0.29, 0.717) is 17.9 Å². The Kier molecular flexibility index (Phi) is 3.46. The third kappa shape index (κ3) is 2.88. The maximum absolute atomic E-state index is 12.1. The van der Waals surface area contributed by atoms with Crippen LogP contribution in [-0.4, -0.2) is 28.1 Å². The summed E-state index contributed by atoms with van der Waals surface area (Å²) in [6.45, 7) is 2.18. The molecule has 0 spiro atoms. The van der Waals surface area contributed by atoms with Crippen molar-refractivity contribution < 1.29 is 19.4 Å². The van der Waals surface area contributed by atoms with E-state index in [9.17, 15) is 15.0 Å². The molecule has 1 amide bonds. The minimum Gasteiger partial charge on any atom is -0.504 e. The van der Waals surface area contributed by atoms with Crippen molar-refractivity contribution >= 4 is 5.91 Å². The quantitative estimate of drug-likeness (QED) is 0.831. The summed E-state index contributed by atoms with van der Waals surface area (Å²) in [6, 6.07) is 7.63. The molecule has 0 aliphatic carbocycles. The highest BCUT2D eigenvalue weighted by Gasteiger charge is 2.15. The Labute approximate surface area is 110 Å². The van der Waals surface area contributed by atoms with Gasteiger partial charge in [-0.2, -0.15) is 0 Å². The van der Waals surface area contributed by atoms with E-state index >= 15 is 0 Å². The van der Waals surface area contributed by atoms with Crippen LogP contribution in [0.25, 0.3) is 0 Å². The molecule has 1 heterocycles. The van der Waals surface area contributed by atoms with E-state index in [1.807, 2.05) is 19.1 Å². The molecule has 0 atom stereocenters. The highest BCUT2D eigenvalue weighted by Crippen LogP contribution is 2.25. The topological polar surface area (TPSA) is 73.9 Å². The van der Waals surface area contributed by atoms with Gasteiger partial charge in [0.25, 0.3) is 5.91 Å². The lowest BCUT2D eigenvalue weighted by atomic mass is 10.2. The second kappa shape index (κ2) is 5.06. The third-order valence-electron chi connectivity index (χ3n) is 2.76. The highest BCUT2D eigenvalue weighted by molar-refractivity contribution is 5.94. The maximum Gasteiger partial charge on any atom is 0.254 e. The molecule has 0 aliphatic heterocycles. The van der Waals surface area contributed by atoms with Gasteiger partial charge in [-0.1, -0.05) is 0 Å². The number of carbonyl (C=O) groups is 1. The molecule has 5 nitrogen and oxygen atoms in total. The van der Waals surface area contributed by atoms with E-state index in [2.05, 4.69) is 0 Å². The second-order valence-electron chi connectivity index (χ2n) is 4.38. The molecule has 0 unspecified atom stereocenters. The number of aromatic hydroxyl groups is 2. The van der Waals surface area contributed by atoms with Crippen LogP contribution in [0, 0.1) is 6.92 Å². The van der Waals surface area contributed by atoms with Crippen LogP contribution < -0.4 is 0 Å². The molecule has 2 rings (SSSR count). The average molecular weight is 261 g/mol. The molecule has 0 bridgehead atoms. The summed E-state index contributed by atoms with van der Waals surface area (Å²) >= 11 is 0. The maximum atomic E-state index is 12.1. The smallest absolute Gasteiger partial charge is 0.254 e. The lowest BCUT2D eigenvalue weighted by Gasteiger charge is -2.16. The Morgan fingerprint density at radius 1 is 1.21 bits per heavy atom. The Morgan fingerprint density at radius 2 is 1.95 bits per heavy atom. The minimum atomic E-state index is -0.312. The van der Waals surface area contributed by atoms with Crippen LogP contribution in [0.2, 0.25) is 0 Å². The van der Waals surface area contributed by atoms with Crippen molar-refractivity contribution in [3.05, 3.63) is 47.4 Å². The number of benzene rings is 1. The van der Waals surface area contributed by atoms with E-state index in [1.165, 1.54) is 23.1 Å². The number of amides is 1. The van der Waals surface area contributed by atoms with E-state index < -0.39 is 0 Å². The largest absolute Gasteiger partial charge is 0.504 e. The zero-order chi connectivity index (χ0) is 14.0. The first-order valence-electron chi connectivity index (χ1n) is 5.80. The molecule has 0 saturated carbocycles. The summed E-state index contributed by atoms with van der Waals surface area (Å²) in [7, 11) is 1.64. The number of furan rings is 1. The van der Waals surface area contributed by atoms with Crippen molar-refractivity contribution in [3.63, 3.8) is 0 Å². The summed E-state index contributed by atoms with van der Waals surface area (Å²) in [5.74, 6) is 0.660. The van der Waals surface area contributed by atoms with Gasteiger partial charge in [0.2, 0.25) is 0 Å². The van der Waals surface area contributed by atoms with Crippen LogP contribution in [0.15, 0.2) is 34.7 Å². The van der Waals surface area contributed by atoms with E-state index in [4.69, 9.17) is 4.42 Å². The van der Waals surface area contributed by atoms with Gasteiger partial charge in [-0.05, 0) is 37.3 Å². The van der Waals surface area contributed by atoms with Gasteiger partial charge in [0.05, 0.1) is 6.54 Å². The van der Waals surface area contributed by atoms with Gasteiger partial charge in [-0.3, -0.25) is 4.79 Å². The molecule has 2 aromatic rings. The third-order valence-corrected chi connectivity index (χ3v) is 2.76. The SMILES string of the molecule is Cc1ccc(CN(C)C(=O)c2ccc(O)c(O)c2)o1. The summed E-state index contributed by atoms with van der Waals surface area (Å²) in [5, 5.41) is 18.6. The number of nitrogens with zero attached hydrogens (tertiary/aromatic N) is 1. The van der Waals surface area contributed by atoms with Crippen LogP contribution in [-0.2, 0) is 6.54 Å². The number of hydrogen-bond acceptors (Lipinski definition) is 4. The van der Waals surface area contributed by atoms with E-state index in [-0.39, 0.29) is 17.4 Å². The van der Waals surface area contributed by atoms with Crippen LogP contribution in [0.5, 0.6) is 11.5 Å². The fourth-order valence-corrected chi connectivity index (χ4v) is 1.75. The number of aryl methyl sites for hydroxylation is 1. The summed E-state index contributed by atoms with van der Waals surface area (Å²) in [4.78, 5) is 13.6. The van der Waals surface area contributed by atoms with E-state index in [0.717, 1.165) is 5.76 Å². The highest BCUT2D eigenvalue weighted by atomic mass is 16.3. The molecule has 2 N–H and O–H groups in total. The normalized spacial score (nSPS) is 10.4. The second-order valence-corrected chi connectivity index (χ2v) is 4.38. The molecule has 0 aliphatic rings. The number of rotatable bonds is 3. The number of phenols is 2. The van der Waals surface area contributed by atoms with Gasteiger partial charge >= 0.3 is 0 Å². The first-order chi connectivity index (χ1) is 8.97. The number of carbonyl (C=O) groups excluding carboxylic acids is 1. The van der Waals surface area contributed by atoms with Crippen molar-refractivity contribution in [2.75, 3.05) is 7.05 Å². The van der Waals surface area contributed by atoms with Gasteiger partial charge in [-0.25, -0.2) is 0 Å². The Bertz CT molecular complexity index is 603. The van der Waals surface area contributed by atoms with Crippen molar-refractivity contribution in [1.82, 2.24) is 4.90 Å². The van der Waals surface area contributed by atoms with Crippen molar-refractivity contribution in [2.45, 2.75) is 13.5 Å². The van der Waals surface area contributed by atoms with Crippen LogP contribution in [0.3, 0.4) is 0 Å². The molecule has 0 fully saturated rings. The van der Waals surface area contributed by atoms with Crippen LogP contribution in [0.4, 0.5) is 0 Å². The molecule has 5 heteroatoms. The van der Waals surface area contributed by atoms with Crippen molar-refractivity contribution in [3.8, 4) is 11.5 Å². The van der Waals surface area contributed by atoms with Gasteiger partial charge in [0.1, 0.15) is 11.5 Å². The Hall–Kier alpha value is -2.43. The average Bonchev–Trinajstić information content (AvgIpc) is 2.77. The lowest BCUT2D eigenvalue weighted by Crippen LogP contribution is -2.25. The molecule has 1 aromatic heterocycles. The van der Waals surface area contributed by atoms with Crippen LogP contribution >= 0.6 is 0 Å². The number of phenolic OH excluding ortho intramolecular Hbond substituents is 2. The van der Waals surface area contributed by atoms with Gasteiger partial charge in [0.15, 0.2) is 11.5 Å². The van der Waals surface area contributed by atoms with Crippen molar-refractivity contribution in [1.29, 1.82) is 0 Å².